The third-order valence-corrected chi connectivity index (χ3v) is 4.70. The van der Waals surface area contributed by atoms with Gasteiger partial charge in [-0.05, 0) is 53.9 Å². The first-order valence-electron chi connectivity index (χ1n) is 7.93. The molecule has 1 aromatic carbocycles. The summed E-state index contributed by atoms with van der Waals surface area (Å²) in [6.07, 6.45) is 3.86. The molecule has 3 aromatic rings. The van der Waals surface area contributed by atoms with Crippen molar-refractivity contribution in [2.75, 3.05) is 0 Å². The third-order valence-electron chi connectivity index (χ3n) is 4.07. The molecule has 0 saturated heterocycles. The lowest BCUT2D eigenvalue weighted by Gasteiger charge is -2.26. The topological polar surface area (TPSA) is 46.9 Å². The quantitative estimate of drug-likeness (QED) is 0.708. The lowest BCUT2D eigenvalue weighted by molar-refractivity contribution is 0.0912. The Labute approximate surface area is 154 Å². The molecule has 4 nitrogen and oxygen atoms in total. The number of rotatable bonds is 4. The van der Waals surface area contributed by atoms with E-state index in [-0.39, 0.29) is 11.7 Å². The number of pyridine rings is 1. The molecule has 2 aromatic heterocycles. The summed E-state index contributed by atoms with van der Waals surface area (Å²) >= 11 is 3.48. The van der Waals surface area contributed by atoms with E-state index in [9.17, 15) is 9.18 Å². The summed E-state index contributed by atoms with van der Waals surface area (Å²) in [4.78, 5) is 17.0. The maximum absolute atomic E-state index is 13.9. The molecular weight excluding hydrogens is 385 g/mol. The number of nitrogens with zero attached hydrogens (tertiary/aromatic N) is 2. The van der Waals surface area contributed by atoms with Gasteiger partial charge < -0.3 is 9.88 Å². The van der Waals surface area contributed by atoms with Gasteiger partial charge in [0, 0.05) is 34.8 Å². The zero-order valence-electron chi connectivity index (χ0n) is 14.3. The Hall–Kier alpha value is -2.21. The second-order valence-electron chi connectivity index (χ2n) is 6.79. The first-order chi connectivity index (χ1) is 11.8. The van der Waals surface area contributed by atoms with Crippen LogP contribution in [0.15, 0.2) is 47.2 Å². The predicted octanol–water partition coefficient (Wildman–Crippen LogP) is 4.23. The van der Waals surface area contributed by atoms with E-state index < -0.39 is 5.54 Å². The summed E-state index contributed by atoms with van der Waals surface area (Å²) in [5.74, 6) is -0.493. The van der Waals surface area contributed by atoms with E-state index in [0.29, 0.717) is 17.5 Å². The molecule has 1 N–H and O–H groups in total. The Morgan fingerprint density at radius 2 is 2.08 bits per heavy atom. The molecule has 0 fully saturated rings. The van der Waals surface area contributed by atoms with Gasteiger partial charge in [0.05, 0.1) is 5.56 Å². The van der Waals surface area contributed by atoms with Crippen molar-refractivity contribution in [1.29, 1.82) is 0 Å². The monoisotopic (exact) mass is 403 g/mol. The minimum Gasteiger partial charge on any atom is -0.347 e. The van der Waals surface area contributed by atoms with Gasteiger partial charge >= 0.3 is 0 Å². The number of hydrogen-bond donors (Lipinski definition) is 1. The van der Waals surface area contributed by atoms with Crippen molar-refractivity contribution >= 4 is 32.9 Å². The van der Waals surface area contributed by atoms with E-state index >= 15 is 0 Å². The summed E-state index contributed by atoms with van der Waals surface area (Å²) in [5, 5.41) is 3.85. The first kappa shape index (κ1) is 17.6. The van der Waals surface area contributed by atoms with Gasteiger partial charge in [-0.3, -0.25) is 4.79 Å². The highest BCUT2D eigenvalue weighted by Crippen LogP contribution is 2.25. The number of amides is 1. The largest absolute Gasteiger partial charge is 0.347 e. The lowest BCUT2D eigenvalue weighted by atomic mass is 9.94. The summed E-state index contributed by atoms with van der Waals surface area (Å²) in [6, 6.07) is 8.42. The number of halogens is 2. The number of aryl methyl sites for hydroxylation is 1. The number of benzene rings is 1. The average molecular weight is 404 g/mol. The van der Waals surface area contributed by atoms with Crippen LogP contribution in [0.4, 0.5) is 4.39 Å². The highest BCUT2D eigenvalue weighted by molar-refractivity contribution is 9.10. The van der Waals surface area contributed by atoms with E-state index in [1.165, 1.54) is 6.07 Å². The zero-order valence-corrected chi connectivity index (χ0v) is 15.9. The standard InChI is InChI=1S/C19H19BrFN3O/c1-19(2,9-12-6-4-5-7-16(12)21)23-18(25)13-8-14-15(20)11-24(3)17(14)22-10-13/h4-8,10-11H,9H2,1-3H3,(H,23,25). The molecule has 130 valence electrons. The molecule has 0 saturated carbocycles. The second-order valence-corrected chi connectivity index (χ2v) is 7.64. The van der Waals surface area contributed by atoms with Gasteiger partial charge in [-0.1, -0.05) is 18.2 Å². The molecule has 0 aliphatic rings. The molecule has 0 aliphatic carbocycles. The van der Waals surface area contributed by atoms with E-state index in [1.54, 1.807) is 30.5 Å². The van der Waals surface area contributed by atoms with Gasteiger partial charge in [0.1, 0.15) is 11.5 Å². The van der Waals surface area contributed by atoms with Crippen LogP contribution in [0, 0.1) is 5.82 Å². The van der Waals surface area contributed by atoms with Crippen LogP contribution in [0.3, 0.4) is 0 Å². The third kappa shape index (κ3) is 3.74. The van der Waals surface area contributed by atoms with Crippen molar-refractivity contribution in [3.63, 3.8) is 0 Å². The molecule has 0 spiro atoms. The SMILES string of the molecule is Cn1cc(Br)c2cc(C(=O)NC(C)(C)Cc3ccccc3F)cnc21. The summed E-state index contributed by atoms with van der Waals surface area (Å²) in [7, 11) is 1.90. The van der Waals surface area contributed by atoms with E-state index in [2.05, 4.69) is 26.2 Å². The van der Waals surface area contributed by atoms with Gasteiger partial charge in [0.25, 0.3) is 5.91 Å². The van der Waals surface area contributed by atoms with Crippen LogP contribution in [0.1, 0.15) is 29.8 Å². The van der Waals surface area contributed by atoms with Crippen molar-refractivity contribution < 1.29 is 9.18 Å². The van der Waals surface area contributed by atoms with Crippen molar-refractivity contribution in [3.8, 4) is 0 Å². The fourth-order valence-corrected chi connectivity index (χ4v) is 3.48. The van der Waals surface area contributed by atoms with Crippen LogP contribution in [0.25, 0.3) is 11.0 Å². The van der Waals surface area contributed by atoms with Crippen LogP contribution in [0.5, 0.6) is 0 Å². The summed E-state index contributed by atoms with van der Waals surface area (Å²) in [5.41, 5.74) is 1.25. The first-order valence-corrected chi connectivity index (χ1v) is 8.73. The summed E-state index contributed by atoms with van der Waals surface area (Å²) in [6.45, 7) is 3.75. The minimum atomic E-state index is -0.595. The smallest absolute Gasteiger partial charge is 0.253 e. The molecule has 0 atom stereocenters. The Balaban J connectivity index is 1.81. The van der Waals surface area contributed by atoms with Crippen LogP contribution in [0.2, 0.25) is 0 Å². The number of aromatic nitrogens is 2. The number of hydrogen-bond acceptors (Lipinski definition) is 2. The second kappa shape index (κ2) is 6.59. The number of carbonyl (C=O) groups is 1. The number of nitrogens with one attached hydrogen (secondary N) is 1. The molecule has 2 heterocycles. The van der Waals surface area contributed by atoms with Gasteiger partial charge in [-0.15, -0.1) is 0 Å². The van der Waals surface area contributed by atoms with E-state index in [1.807, 2.05) is 31.7 Å². The molecule has 0 aliphatic heterocycles. The van der Waals surface area contributed by atoms with Crippen molar-refractivity contribution in [3.05, 3.63) is 64.1 Å². The Morgan fingerprint density at radius 1 is 1.36 bits per heavy atom. The minimum absolute atomic E-state index is 0.230. The molecule has 1 amide bonds. The fourth-order valence-electron chi connectivity index (χ4n) is 2.88. The molecule has 0 bridgehead atoms. The number of fused-ring (bicyclic) bond motifs is 1. The maximum Gasteiger partial charge on any atom is 0.253 e. The highest BCUT2D eigenvalue weighted by atomic mass is 79.9. The molecule has 25 heavy (non-hydrogen) atoms. The fraction of sp³-hybridized carbons (Fsp3) is 0.263. The Bertz CT molecular complexity index is 949. The van der Waals surface area contributed by atoms with Gasteiger partial charge in [0.2, 0.25) is 0 Å². The normalized spacial score (nSPS) is 11.7. The van der Waals surface area contributed by atoms with Crippen molar-refractivity contribution in [2.45, 2.75) is 25.8 Å². The highest BCUT2D eigenvalue weighted by Gasteiger charge is 2.23. The summed E-state index contributed by atoms with van der Waals surface area (Å²) < 4.78 is 16.7. The van der Waals surface area contributed by atoms with Gasteiger partial charge in [0.15, 0.2) is 0 Å². The van der Waals surface area contributed by atoms with Crippen LogP contribution >= 0.6 is 15.9 Å². The molecular formula is C19H19BrFN3O. The Kier molecular flexibility index (Phi) is 4.64. The number of carbonyl (C=O) groups excluding carboxylic acids is 1. The zero-order chi connectivity index (χ0) is 18.2. The van der Waals surface area contributed by atoms with Crippen LogP contribution in [-0.2, 0) is 13.5 Å². The maximum atomic E-state index is 13.9. The molecule has 3 rings (SSSR count). The van der Waals surface area contributed by atoms with E-state index in [0.717, 1.165) is 15.5 Å². The van der Waals surface area contributed by atoms with Crippen molar-refractivity contribution in [2.24, 2.45) is 7.05 Å². The van der Waals surface area contributed by atoms with Crippen LogP contribution < -0.4 is 5.32 Å². The lowest BCUT2D eigenvalue weighted by Crippen LogP contribution is -2.45. The average Bonchev–Trinajstić information content (AvgIpc) is 2.83. The van der Waals surface area contributed by atoms with Crippen molar-refractivity contribution in [1.82, 2.24) is 14.9 Å². The Morgan fingerprint density at radius 3 is 2.80 bits per heavy atom. The van der Waals surface area contributed by atoms with Crippen LogP contribution in [-0.4, -0.2) is 21.0 Å². The molecule has 6 heteroatoms. The van der Waals surface area contributed by atoms with E-state index in [4.69, 9.17) is 0 Å². The molecule has 0 radical (unpaired) electrons. The van der Waals surface area contributed by atoms with Gasteiger partial charge in [-0.2, -0.15) is 0 Å². The predicted molar refractivity (Wildman–Crippen MR) is 100 cm³/mol. The van der Waals surface area contributed by atoms with Gasteiger partial charge in [-0.25, -0.2) is 9.37 Å². The molecule has 0 unspecified atom stereocenters.